The van der Waals surface area contributed by atoms with Crippen LogP contribution in [-0.4, -0.2) is 19.0 Å². The highest BCUT2D eigenvalue weighted by Gasteiger charge is 2.18. The van der Waals surface area contributed by atoms with E-state index in [-0.39, 0.29) is 5.91 Å². The molecule has 0 heterocycles. The van der Waals surface area contributed by atoms with Gasteiger partial charge in [0, 0.05) is 13.0 Å². The van der Waals surface area contributed by atoms with Crippen LogP contribution in [0.25, 0.3) is 0 Å². The molecule has 1 atom stereocenters. The summed E-state index contributed by atoms with van der Waals surface area (Å²) in [6.45, 7) is 8.39. The van der Waals surface area contributed by atoms with Crippen LogP contribution in [0, 0.1) is 23.7 Å². The molecule has 1 aliphatic rings. The molecule has 1 amide bonds. The second kappa shape index (κ2) is 10.2. The molecule has 3 nitrogen and oxygen atoms in total. The SMILES string of the molecule is CC1CCC(CCNC(=O)CCC(CCN)C(C)C)CC1. The number of carbonyl (C=O) groups is 1. The van der Waals surface area contributed by atoms with E-state index >= 15 is 0 Å². The van der Waals surface area contributed by atoms with Crippen LogP contribution in [0.2, 0.25) is 0 Å². The molecule has 0 saturated heterocycles. The Morgan fingerprint density at radius 2 is 1.86 bits per heavy atom. The average Bonchev–Trinajstić information content (AvgIpc) is 2.45. The molecule has 0 aliphatic heterocycles. The van der Waals surface area contributed by atoms with Crippen molar-refractivity contribution in [2.45, 2.75) is 72.1 Å². The Labute approximate surface area is 131 Å². The van der Waals surface area contributed by atoms with E-state index in [1.807, 2.05) is 0 Å². The molecule has 0 radical (unpaired) electrons. The maximum atomic E-state index is 11.9. The van der Waals surface area contributed by atoms with E-state index in [1.165, 1.54) is 25.7 Å². The minimum absolute atomic E-state index is 0.224. The van der Waals surface area contributed by atoms with Gasteiger partial charge in [0.2, 0.25) is 5.91 Å². The van der Waals surface area contributed by atoms with Crippen LogP contribution >= 0.6 is 0 Å². The average molecular weight is 296 g/mol. The quantitative estimate of drug-likeness (QED) is 0.681. The monoisotopic (exact) mass is 296 g/mol. The van der Waals surface area contributed by atoms with Crippen molar-refractivity contribution < 1.29 is 4.79 Å². The summed E-state index contributed by atoms with van der Waals surface area (Å²) < 4.78 is 0. The van der Waals surface area contributed by atoms with Gasteiger partial charge in [0.1, 0.15) is 0 Å². The van der Waals surface area contributed by atoms with E-state index in [0.717, 1.165) is 44.2 Å². The summed E-state index contributed by atoms with van der Waals surface area (Å²) in [4.78, 5) is 11.9. The normalized spacial score (nSPS) is 24.0. The van der Waals surface area contributed by atoms with Gasteiger partial charge >= 0.3 is 0 Å². The highest BCUT2D eigenvalue weighted by molar-refractivity contribution is 5.75. The van der Waals surface area contributed by atoms with Crippen LogP contribution in [0.3, 0.4) is 0 Å². The third-order valence-electron chi connectivity index (χ3n) is 5.23. The van der Waals surface area contributed by atoms with E-state index in [1.54, 1.807) is 0 Å². The van der Waals surface area contributed by atoms with Crippen molar-refractivity contribution in [2.75, 3.05) is 13.1 Å². The molecule has 0 aromatic heterocycles. The summed E-state index contributed by atoms with van der Waals surface area (Å²) in [6, 6.07) is 0. The molecular weight excluding hydrogens is 260 g/mol. The first-order valence-corrected chi connectivity index (χ1v) is 8.99. The van der Waals surface area contributed by atoms with Gasteiger partial charge in [-0.3, -0.25) is 4.79 Å². The van der Waals surface area contributed by atoms with E-state index in [0.29, 0.717) is 18.3 Å². The highest BCUT2D eigenvalue weighted by Crippen LogP contribution is 2.29. The lowest BCUT2D eigenvalue weighted by Crippen LogP contribution is -2.27. The Bertz CT molecular complexity index is 283. The zero-order chi connectivity index (χ0) is 15.7. The molecule has 1 unspecified atom stereocenters. The summed E-state index contributed by atoms with van der Waals surface area (Å²) in [7, 11) is 0. The molecule has 124 valence electrons. The standard InChI is InChI=1S/C18H36N2O/c1-14(2)17(10-12-19)8-9-18(21)20-13-11-16-6-4-15(3)5-7-16/h14-17H,4-13,19H2,1-3H3,(H,20,21). The molecule has 1 rings (SSSR count). The lowest BCUT2D eigenvalue weighted by molar-refractivity contribution is -0.121. The van der Waals surface area contributed by atoms with Gasteiger partial charge < -0.3 is 11.1 Å². The van der Waals surface area contributed by atoms with Gasteiger partial charge in [-0.1, -0.05) is 46.5 Å². The van der Waals surface area contributed by atoms with Gasteiger partial charge in [-0.25, -0.2) is 0 Å². The number of hydrogen-bond donors (Lipinski definition) is 2. The molecular formula is C18H36N2O. The Morgan fingerprint density at radius 3 is 2.43 bits per heavy atom. The zero-order valence-corrected chi connectivity index (χ0v) is 14.4. The molecule has 3 N–H and O–H groups in total. The van der Waals surface area contributed by atoms with Crippen LogP contribution in [0.5, 0.6) is 0 Å². The van der Waals surface area contributed by atoms with Gasteiger partial charge in [-0.2, -0.15) is 0 Å². The summed E-state index contributed by atoms with van der Waals surface area (Å²) in [6.07, 6.45) is 9.26. The fourth-order valence-corrected chi connectivity index (χ4v) is 3.46. The number of carbonyl (C=O) groups excluding carboxylic acids is 1. The molecule has 0 bridgehead atoms. The topological polar surface area (TPSA) is 55.1 Å². The van der Waals surface area contributed by atoms with Crippen molar-refractivity contribution in [1.82, 2.24) is 5.32 Å². The number of nitrogens with one attached hydrogen (secondary N) is 1. The van der Waals surface area contributed by atoms with Gasteiger partial charge in [-0.15, -0.1) is 0 Å². The lowest BCUT2D eigenvalue weighted by Gasteiger charge is -2.26. The molecule has 0 aromatic carbocycles. The van der Waals surface area contributed by atoms with E-state index < -0.39 is 0 Å². The molecule has 21 heavy (non-hydrogen) atoms. The summed E-state index contributed by atoms with van der Waals surface area (Å²) in [5.74, 6) is 3.17. The second-order valence-corrected chi connectivity index (χ2v) is 7.38. The van der Waals surface area contributed by atoms with Crippen LogP contribution in [-0.2, 0) is 4.79 Å². The fourth-order valence-electron chi connectivity index (χ4n) is 3.46. The molecule has 0 spiro atoms. The lowest BCUT2D eigenvalue weighted by atomic mass is 9.81. The largest absolute Gasteiger partial charge is 0.356 e. The number of amides is 1. The minimum Gasteiger partial charge on any atom is -0.356 e. The smallest absolute Gasteiger partial charge is 0.220 e. The Kier molecular flexibility index (Phi) is 8.98. The summed E-state index contributed by atoms with van der Waals surface area (Å²) >= 11 is 0. The Morgan fingerprint density at radius 1 is 1.19 bits per heavy atom. The van der Waals surface area contributed by atoms with E-state index in [4.69, 9.17) is 5.73 Å². The van der Waals surface area contributed by atoms with Crippen molar-refractivity contribution in [3.63, 3.8) is 0 Å². The highest BCUT2D eigenvalue weighted by atomic mass is 16.1. The van der Waals surface area contributed by atoms with Crippen LogP contribution in [0.4, 0.5) is 0 Å². The van der Waals surface area contributed by atoms with Crippen LogP contribution in [0.1, 0.15) is 72.1 Å². The van der Waals surface area contributed by atoms with E-state index in [9.17, 15) is 4.79 Å². The first-order valence-electron chi connectivity index (χ1n) is 8.99. The van der Waals surface area contributed by atoms with E-state index in [2.05, 4.69) is 26.1 Å². The number of hydrogen-bond acceptors (Lipinski definition) is 2. The maximum absolute atomic E-state index is 11.9. The minimum atomic E-state index is 0.224. The molecule has 1 aliphatic carbocycles. The molecule has 1 fully saturated rings. The predicted molar refractivity (Wildman–Crippen MR) is 90.0 cm³/mol. The van der Waals surface area contributed by atoms with Crippen molar-refractivity contribution in [2.24, 2.45) is 29.4 Å². The van der Waals surface area contributed by atoms with Gasteiger partial charge in [0.05, 0.1) is 0 Å². The van der Waals surface area contributed by atoms with Crippen molar-refractivity contribution in [1.29, 1.82) is 0 Å². The zero-order valence-electron chi connectivity index (χ0n) is 14.4. The predicted octanol–water partition coefficient (Wildman–Crippen LogP) is 3.72. The molecule has 3 heteroatoms. The van der Waals surface area contributed by atoms with Crippen molar-refractivity contribution in [3.05, 3.63) is 0 Å². The maximum Gasteiger partial charge on any atom is 0.220 e. The van der Waals surface area contributed by atoms with Crippen LogP contribution < -0.4 is 11.1 Å². The van der Waals surface area contributed by atoms with Crippen molar-refractivity contribution in [3.8, 4) is 0 Å². The third kappa shape index (κ3) is 7.85. The molecule has 1 saturated carbocycles. The Hall–Kier alpha value is -0.570. The Balaban J connectivity index is 2.10. The first-order chi connectivity index (χ1) is 10.0. The third-order valence-corrected chi connectivity index (χ3v) is 5.23. The number of nitrogens with two attached hydrogens (primary N) is 1. The van der Waals surface area contributed by atoms with Gasteiger partial charge in [0.25, 0.3) is 0 Å². The van der Waals surface area contributed by atoms with Crippen LogP contribution in [0.15, 0.2) is 0 Å². The summed E-state index contributed by atoms with van der Waals surface area (Å²) in [5.41, 5.74) is 5.65. The van der Waals surface area contributed by atoms with Gasteiger partial charge in [0.15, 0.2) is 0 Å². The second-order valence-electron chi connectivity index (χ2n) is 7.38. The fraction of sp³-hybridized carbons (Fsp3) is 0.944. The number of rotatable bonds is 9. The van der Waals surface area contributed by atoms with Crippen molar-refractivity contribution >= 4 is 5.91 Å². The summed E-state index contributed by atoms with van der Waals surface area (Å²) in [5, 5.41) is 3.11. The first kappa shape index (κ1) is 18.5. The molecule has 0 aromatic rings. The van der Waals surface area contributed by atoms with Gasteiger partial charge in [-0.05, 0) is 49.5 Å².